The van der Waals surface area contributed by atoms with Crippen molar-refractivity contribution in [3.8, 4) is 0 Å². The molecule has 0 spiro atoms. The van der Waals surface area contributed by atoms with E-state index < -0.39 is 0 Å². The molecule has 0 saturated heterocycles. The van der Waals surface area contributed by atoms with Crippen molar-refractivity contribution >= 4 is 0 Å². The highest BCUT2D eigenvalue weighted by molar-refractivity contribution is 4.88. The number of aliphatic hydroxyl groups excluding tert-OH is 1. The van der Waals surface area contributed by atoms with Crippen molar-refractivity contribution in [2.75, 3.05) is 0 Å². The van der Waals surface area contributed by atoms with Crippen LogP contribution in [0.4, 0.5) is 0 Å². The van der Waals surface area contributed by atoms with Gasteiger partial charge in [-0.2, -0.15) is 0 Å². The van der Waals surface area contributed by atoms with Gasteiger partial charge in [-0.25, -0.2) is 0 Å². The Kier molecular flexibility index (Phi) is 3.16. The van der Waals surface area contributed by atoms with Gasteiger partial charge in [-0.05, 0) is 30.1 Å². The third kappa shape index (κ3) is 1.66. The van der Waals surface area contributed by atoms with Crippen molar-refractivity contribution in [2.45, 2.75) is 46.6 Å². The Bertz CT molecular complexity index is 140. The van der Waals surface area contributed by atoms with Gasteiger partial charge in [-0.3, -0.25) is 0 Å². The van der Waals surface area contributed by atoms with Crippen molar-refractivity contribution in [3.05, 3.63) is 0 Å². The van der Waals surface area contributed by atoms with Gasteiger partial charge >= 0.3 is 0 Å². The van der Waals surface area contributed by atoms with Crippen LogP contribution >= 0.6 is 0 Å². The van der Waals surface area contributed by atoms with E-state index in [0.29, 0.717) is 11.8 Å². The molecule has 0 radical (unpaired) electrons. The van der Waals surface area contributed by atoms with E-state index in [0.717, 1.165) is 18.3 Å². The van der Waals surface area contributed by atoms with Gasteiger partial charge in [0.25, 0.3) is 0 Å². The molecule has 5 unspecified atom stereocenters. The van der Waals surface area contributed by atoms with Crippen LogP contribution < -0.4 is 0 Å². The predicted octanol–water partition coefficient (Wildman–Crippen LogP) is 2.69. The number of rotatable bonds is 2. The molecular formula is C11H22O. The Labute approximate surface area is 76.2 Å². The van der Waals surface area contributed by atoms with Crippen LogP contribution in [-0.4, -0.2) is 11.2 Å². The van der Waals surface area contributed by atoms with E-state index in [-0.39, 0.29) is 6.10 Å². The fourth-order valence-electron chi connectivity index (χ4n) is 2.88. The highest BCUT2D eigenvalue weighted by Crippen LogP contribution is 2.42. The molecule has 1 aliphatic carbocycles. The van der Waals surface area contributed by atoms with Gasteiger partial charge in [-0.1, -0.05) is 34.1 Å². The van der Waals surface area contributed by atoms with Crippen molar-refractivity contribution in [3.63, 3.8) is 0 Å². The van der Waals surface area contributed by atoms with Crippen LogP contribution in [0, 0.1) is 23.7 Å². The highest BCUT2D eigenvalue weighted by Gasteiger charge is 2.39. The molecule has 1 N–H and O–H groups in total. The Hall–Kier alpha value is -0.0400. The molecule has 0 aliphatic heterocycles. The summed E-state index contributed by atoms with van der Waals surface area (Å²) < 4.78 is 0. The summed E-state index contributed by atoms with van der Waals surface area (Å²) in [5.41, 5.74) is 0. The second-order valence-electron chi connectivity index (χ2n) is 4.60. The van der Waals surface area contributed by atoms with E-state index in [1.165, 1.54) is 6.42 Å². The van der Waals surface area contributed by atoms with E-state index in [9.17, 15) is 5.11 Å². The van der Waals surface area contributed by atoms with Gasteiger partial charge in [-0.15, -0.1) is 0 Å². The van der Waals surface area contributed by atoms with Crippen molar-refractivity contribution in [2.24, 2.45) is 23.7 Å². The van der Waals surface area contributed by atoms with Crippen LogP contribution in [-0.2, 0) is 0 Å². The second kappa shape index (κ2) is 3.78. The zero-order valence-corrected chi connectivity index (χ0v) is 8.75. The van der Waals surface area contributed by atoms with Crippen LogP contribution in [0.3, 0.4) is 0 Å². The molecule has 0 heterocycles. The molecule has 1 aliphatic rings. The molecule has 0 aromatic heterocycles. The summed E-state index contributed by atoms with van der Waals surface area (Å²) in [5.74, 6) is 2.73. The lowest BCUT2D eigenvalue weighted by atomic mass is 9.80. The van der Waals surface area contributed by atoms with Crippen molar-refractivity contribution in [1.82, 2.24) is 0 Å². The summed E-state index contributed by atoms with van der Waals surface area (Å²) in [6, 6.07) is 0. The molecule has 0 amide bonds. The molecular weight excluding hydrogens is 148 g/mol. The summed E-state index contributed by atoms with van der Waals surface area (Å²) in [6.07, 6.45) is 2.21. The van der Waals surface area contributed by atoms with Gasteiger partial charge < -0.3 is 5.11 Å². The third-order valence-corrected chi connectivity index (χ3v) is 3.79. The van der Waals surface area contributed by atoms with E-state index in [4.69, 9.17) is 0 Å². The monoisotopic (exact) mass is 170 g/mol. The van der Waals surface area contributed by atoms with Crippen LogP contribution in [0.1, 0.15) is 40.5 Å². The molecule has 1 heteroatoms. The molecule has 0 bridgehead atoms. The zero-order valence-electron chi connectivity index (χ0n) is 8.75. The maximum Gasteiger partial charge on any atom is 0.0571 e. The number of hydrogen-bond donors (Lipinski definition) is 1. The van der Waals surface area contributed by atoms with E-state index in [1.807, 2.05) is 0 Å². The van der Waals surface area contributed by atoms with Crippen molar-refractivity contribution in [1.29, 1.82) is 0 Å². The van der Waals surface area contributed by atoms with E-state index in [1.54, 1.807) is 0 Å². The lowest BCUT2D eigenvalue weighted by molar-refractivity contribution is 0.114. The van der Waals surface area contributed by atoms with Crippen molar-refractivity contribution < 1.29 is 5.11 Å². The quantitative estimate of drug-likeness (QED) is 0.675. The standard InChI is InChI=1S/C11H22O/c1-5-7(2)11-8(3)6-10(12)9(11)4/h7-12H,5-6H2,1-4H3. The topological polar surface area (TPSA) is 20.2 Å². The molecule has 1 nitrogen and oxygen atoms in total. The average molecular weight is 170 g/mol. The zero-order chi connectivity index (χ0) is 9.30. The smallest absolute Gasteiger partial charge is 0.0571 e. The minimum Gasteiger partial charge on any atom is -0.393 e. The normalized spacial score (nSPS) is 44.8. The summed E-state index contributed by atoms with van der Waals surface area (Å²) >= 11 is 0. The van der Waals surface area contributed by atoms with Gasteiger partial charge in [0.2, 0.25) is 0 Å². The molecule has 1 rings (SSSR count). The Morgan fingerprint density at radius 1 is 1.42 bits per heavy atom. The fraction of sp³-hybridized carbons (Fsp3) is 1.00. The molecule has 72 valence electrons. The molecule has 1 saturated carbocycles. The Morgan fingerprint density at radius 2 is 2.00 bits per heavy atom. The van der Waals surface area contributed by atoms with Gasteiger partial charge in [0.1, 0.15) is 0 Å². The van der Waals surface area contributed by atoms with Crippen LogP contribution in [0.15, 0.2) is 0 Å². The van der Waals surface area contributed by atoms with Crippen LogP contribution in [0.2, 0.25) is 0 Å². The molecule has 0 aromatic carbocycles. The Balaban J connectivity index is 2.62. The first kappa shape index (κ1) is 10.0. The molecule has 5 atom stereocenters. The molecule has 12 heavy (non-hydrogen) atoms. The Morgan fingerprint density at radius 3 is 2.33 bits per heavy atom. The third-order valence-electron chi connectivity index (χ3n) is 3.79. The predicted molar refractivity (Wildman–Crippen MR) is 51.9 cm³/mol. The number of aliphatic hydroxyl groups is 1. The minimum absolute atomic E-state index is 0.0426. The van der Waals surface area contributed by atoms with Gasteiger partial charge in [0, 0.05) is 0 Å². The summed E-state index contributed by atoms with van der Waals surface area (Å²) in [7, 11) is 0. The van der Waals surface area contributed by atoms with Crippen LogP contribution in [0.25, 0.3) is 0 Å². The maximum atomic E-state index is 9.68. The summed E-state index contributed by atoms with van der Waals surface area (Å²) in [4.78, 5) is 0. The fourth-order valence-corrected chi connectivity index (χ4v) is 2.88. The minimum atomic E-state index is -0.0426. The largest absolute Gasteiger partial charge is 0.393 e. The van der Waals surface area contributed by atoms with E-state index in [2.05, 4.69) is 27.7 Å². The van der Waals surface area contributed by atoms with Gasteiger partial charge in [0.15, 0.2) is 0 Å². The van der Waals surface area contributed by atoms with Gasteiger partial charge in [0.05, 0.1) is 6.10 Å². The maximum absolute atomic E-state index is 9.68. The summed E-state index contributed by atoms with van der Waals surface area (Å²) in [5, 5.41) is 9.68. The SMILES string of the molecule is CCC(C)C1C(C)CC(O)C1C. The lowest BCUT2D eigenvalue weighted by Crippen LogP contribution is -2.22. The molecule has 1 fully saturated rings. The lowest BCUT2D eigenvalue weighted by Gasteiger charge is -2.26. The van der Waals surface area contributed by atoms with E-state index >= 15 is 0 Å². The van der Waals surface area contributed by atoms with Crippen LogP contribution in [0.5, 0.6) is 0 Å². The first-order chi connectivity index (χ1) is 5.57. The molecule has 0 aromatic rings. The first-order valence-electron chi connectivity index (χ1n) is 5.26. The number of hydrogen-bond acceptors (Lipinski definition) is 1. The average Bonchev–Trinajstić information content (AvgIpc) is 2.26. The summed E-state index contributed by atoms with van der Waals surface area (Å²) in [6.45, 7) is 9.04. The second-order valence-corrected chi connectivity index (χ2v) is 4.60. The highest BCUT2D eigenvalue weighted by atomic mass is 16.3. The first-order valence-corrected chi connectivity index (χ1v) is 5.26.